The summed E-state index contributed by atoms with van der Waals surface area (Å²) in [6.07, 6.45) is 1.65. The lowest BCUT2D eigenvalue weighted by atomic mass is 9.84. The van der Waals surface area contributed by atoms with E-state index >= 15 is 0 Å². The zero-order valence-electron chi connectivity index (χ0n) is 8.83. The van der Waals surface area contributed by atoms with E-state index in [9.17, 15) is 4.79 Å². The summed E-state index contributed by atoms with van der Waals surface area (Å²) in [5.74, 6) is 0.0295. The summed E-state index contributed by atoms with van der Waals surface area (Å²) in [7, 11) is 0. The van der Waals surface area contributed by atoms with Crippen LogP contribution in [0.2, 0.25) is 0 Å². The zero-order chi connectivity index (χ0) is 11.1. The fraction of sp³-hybridized carbons (Fsp3) is 0.455. The van der Waals surface area contributed by atoms with Crippen molar-refractivity contribution in [3.05, 3.63) is 28.5 Å². The van der Waals surface area contributed by atoms with E-state index in [1.54, 1.807) is 12.3 Å². The Morgan fingerprint density at radius 3 is 2.60 bits per heavy atom. The van der Waals surface area contributed by atoms with Crippen molar-refractivity contribution in [1.29, 1.82) is 0 Å². The van der Waals surface area contributed by atoms with Crippen LogP contribution in [-0.4, -0.2) is 28.9 Å². The van der Waals surface area contributed by atoms with Crippen molar-refractivity contribution in [2.75, 3.05) is 13.1 Å². The van der Waals surface area contributed by atoms with E-state index in [1.807, 2.05) is 11.0 Å². The maximum atomic E-state index is 11.9. The average Bonchev–Trinajstić information content (AvgIpc) is 2.14. The lowest BCUT2D eigenvalue weighted by molar-refractivity contribution is 0.0231. The third-order valence-corrected chi connectivity index (χ3v) is 2.94. The first-order valence-corrected chi connectivity index (χ1v) is 5.68. The van der Waals surface area contributed by atoms with Crippen molar-refractivity contribution in [3.8, 4) is 0 Å². The Kier molecular flexibility index (Phi) is 2.54. The number of hydrogen-bond acceptors (Lipinski definition) is 2. The van der Waals surface area contributed by atoms with Crippen LogP contribution in [0.15, 0.2) is 22.8 Å². The molecule has 1 amide bonds. The monoisotopic (exact) mass is 268 g/mol. The second-order valence-electron chi connectivity index (χ2n) is 4.69. The predicted molar refractivity (Wildman–Crippen MR) is 61.6 cm³/mol. The molecule has 0 aromatic carbocycles. The number of halogens is 1. The van der Waals surface area contributed by atoms with Gasteiger partial charge in [0.2, 0.25) is 0 Å². The first-order valence-electron chi connectivity index (χ1n) is 4.89. The summed E-state index contributed by atoms with van der Waals surface area (Å²) in [4.78, 5) is 17.8. The highest BCUT2D eigenvalue weighted by atomic mass is 79.9. The van der Waals surface area contributed by atoms with E-state index in [1.165, 1.54) is 0 Å². The molecule has 3 nitrogen and oxygen atoms in total. The molecule has 0 N–H and O–H groups in total. The van der Waals surface area contributed by atoms with Gasteiger partial charge in [-0.1, -0.05) is 13.8 Å². The minimum atomic E-state index is 0.0295. The second kappa shape index (κ2) is 3.59. The number of amides is 1. The summed E-state index contributed by atoms with van der Waals surface area (Å²) >= 11 is 3.29. The van der Waals surface area contributed by atoms with Crippen LogP contribution < -0.4 is 0 Å². The summed E-state index contributed by atoms with van der Waals surface area (Å²) in [5, 5.41) is 0. The molecule has 2 rings (SSSR count). The number of carbonyl (C=O) groups excluding carboxylic acids is 1. The van der Waals surface area contributed by atoms with Crippen LogP contribution in [0.1, 0.15) is 24.3 Å². The Hall–Kier alpha value is -0.900. The summed E-state index contributed by atoms with van der Waals surface area (Å²) in [6, 6.07) is 3.59. The van der Waals surface area contributed by atoms with E-state index < -0.39 is 0 Å². The van der Waals surface area contributed by atoms with Crippen LogP contribution >= 0.6 is 15.9 Å². The molecule has 0 radical (unpaired) electrons. The molecule has 1 aliphatic rings. The van der Waals surface area contributed by atoms with E-state index in [0.717, 1.165) is 17.6 Å². The quantitative estimate of drug-likeness (QED) is 0.784. The molecule has 0 bridgehead atoms. The molecule has 15 heavy (non-hydrogen) atoms. The van der Waals surface area contributed by atoms with Crippen molar-refractivity contribution in [2.45, 2.75) is 13.8 Å². The van der Waals surface area contributed by atoms with Crippen molar-refractivity contribution in [2.24, 2.45) is 5.41 Å². The number of aromatic nitrogens is 1. The SMILES string of the molecule is CC1(C)CN(C(=O)c2ccc(Br)cn2)C1. The number of rotatable bonds is 1. The van der Waals surface area contributed by atoms with Crippen LogP contribution in [0.3, 0.4) is 0 Å². The maximum Gasteiger partial charge on any atom is 0.272 e. The third-order valence-electron chi connectivity index (χ3n) is 2.47. The van der Waals surface area contributed by atoms with Crippen LogP contribution in [0, 0.1) is 5.41 Å². The fourth-order valence-corrected chi connectivity index (χ4v) is 2.03. The summed E-state index contributed by atoms with van der Waals surface area (Å²) < 4.78 is 0.892. The molecule has 0 aliphatic carbocycles. The topological polar surface area (TPSA) is 33.2 Å². The molecule has 1 aromatic rings. The van der Waals surface area contributed by atoms with Crippen molar-refractivity contribution < 1.29 is 4.79 Å². The van der Waals surface area contributed by atoms with Gasteiger partial charge in [-0.2, -0.15) is 0 Å². The molecule has 1 aromatic heterocycles. The van der Waals surface area contributed by atoms with Crippen molar-refractivity contribution >= 4 is 21.8 Å². The maximum absolute atomic E-state index is 11.9. The molecule has 0 saturated carbocycles. The Morgan fingerprint density at radius 1 is 1.47 bits per heavy atom. The Bertz CT molecular complexity index is 378. The Labute approximate surface area is 97.6 Å². The van der Waals surface area contributed by atoms with E-state index in [-0.39, 0.29) is 11.3 Å². The van der Waals surface area contributed by atoms with Gasteiger partial charge in [0.1, 0.15) is 5.69 Å². The van der Waals surface area contributed by atoms with E-state index in [0.29, 0.717) is 5.69 Å². The normalized spacial score (nSPS) is 18.5. The lowest BCUT2D eigenvalue weighted by Crippen LogP contribution is -2.55. The predicted octanol–water partition coefficient (Wildman–Crippen LogP) is 2.33. The molecular formula is C11H13BrN2O. The molecule has 0 spiro atoms. The minimum absolute atomic E-state index is 0.0295. The van der Waals surface area contributed by atoms with Crippen LogP contribution in [-0.2, 0) is 0 Å². The molecule has 1 fully saturated rings. The molecular weight excluding hydrogens is 256 g/mol. The van der Waals surface area contributed by atoms with Crippen LogP contribution in [0.25, 0.3) is 0 Å². The highest BCUT2D eigenvalue weighted by molar-refractivity contribution is 9.10. The number of nitrogens with zero attached hydrogens (tertiary/aromatic N) is 2. The molecule has 2 heterocycles. The number of pyridine rings is 1. The van der Waals surface area contributed by atoms with Gasteiger partial charge >= 0.3 is 0 Å². The van der Waals surface area contributed by atoms with Gasteiger partial charge in [0.05, 0.1) is 0 Å². The minimum Gasteiger partial charge on any atom is -0.336 e. The van der Waals surface area contributed by atoms with Gasteiger partial charge in [-0.15, -0.1) is 0 Å². The van der Waals surface area contributed by atoms with Crippen molar-refractivity contribution in [3.63, 3.8) is 0 Å². The van der Waals surface area contributed by atoms with Gasteiger partial charge in [0, 0.05) is 23.8 Å². The van der Waals surface area contributed by atoms with Gasteiger partial charge < -0.3 is 4.90 Å². The van der Waals surface area contributed by atoms with Crippen molar-refractivity contribution in [1.82, 2.24) is 9.88 Å². The lowest BCUT2D eigenvalue weighted by Gasteiger charge is -2.45. The second-order valence-corrected chi connectivity index (χ2v) is 5.60. The van der Waals surface area contributed by atoms with Gasteiger partial charge in [0.25, 0.3) is 5.91 Å². The largest absolute Gasteiger partial charge is 0.336 e. The molecule has 0 unspecified atom stereocenters. The molecule has 80 valence electrons. The van der Waals surface area contributed by atoms with E-state index in [4.69, 9.17) is 0 Å². The molecule has 1 saturated heterocycles. The number of carbonyl (C=O) groups is 1. The molecule has 1 aliphatic heterocycles. The highest BCUT2D eigenvalue weighted by Gasteiger charge is 2.37. The smallest absolute Gasteiger partial charge is 0.272 e. The first kappa shape index (κ1) is 10.6. The first-order chi connectivity index (χ1) is 6.98. The van der Waals surface area contributed by atoms with Gasteiger partial charge in [-0.05, 0) is 33.5 Å². The van der Waals surface area contributed by atoms with Gasteiger partial charge in [0.15, 0.2) is 0 Å². The van der Waals surface area contributed by atoms with E-state index in [2.05, 4.69) is 34.8 Å². The summed E-state index contributed by atoms with van der Waals surface area (Å²) in [5.41, 5.74) is 0.791. The van der Waals surface area contributed by atoms with Crippen LogP contribution in [0.4, 0.5) is 0 Å². The average molecular weight is 269 g/mol. The number of likely N-dealkylation sites (tertiary alicyclic amines) is 1. The Morgan fingerprint density at radius 2 is 2.13 bits per heavy atom. The van der Waals surface area contributed by atoms with Gasteiger partial charge in [-0.25, -0.2) is 4.98 Å². The highest BCUT2D eigenvalue weighted by Crippen LogP contribution is 2.29. The third kappa shape index (κ3) is 2.20. The van der Waals surface area contributed by atoms with Gasteiger partial charge in [-0.3, -0.25) is 4.79 Å². The fourth-order valence-electron chi connectivity index (χ4n) is 1.79. The van der Waals surface area contributed by atoms with Crippen LogP contribution in [0.5, 0.6) is 0 Å². The molecule has 0 atom stereocenters. The zero-order valence-corrected chi connectivity index (χ0v) is 10.4. The Balaban J connectivity index is 2.07. The summed E-state index contributed by atoms with van der Waals surface area (Å²) in [6.45, 7) is 5.96. The molecule has 4 heteroatoms. The standard InChI is InChI=1S/C11H13BrN2O/c1-11(2)6-14(7-11)10(15)9-4-3-8(12)5-13-9/h3-5H,6-7H2,1-2H3. The number of hydrogen-bond donors (Lipinski definition) is 0.